The van der Waals surface area contributed by atoms with Crippen molar-refractivity contribution in [3.8, 4) is 22.6 Å². The largest absolute Gasteiger partial charge is 0.447 e. The van der Waals surface area contributed by atoms with Crippen LogP contribution in [0.3, 0.4) is 0 Å². The van der Waals surface area contributed by atoms with Crippen LogP contribution in [-0.2, 0) is 22.4 Å². The van der Waals surface area contributed by atoms with Crippen molar-refractivity contribution < 1.29 is 44.2 Å². The molecule has 3 aromatic rings. The highest BCUT2D eigenvalue weighted by Crippen LogP contribution is 2.50. The Bertz CT molecular complexity index is 1360. The van der Waals surface area contributed by atoms with Crippen LogP contribution < -0.4 is 14.6 Å². The smallest absolute Gasteiger partial charge is 0.416 e. The van der Waals surface area contributed by atoms with Gasteiger partial charge in [-0.1, -0.05) is 29.8 Å². The van der Waals surface area contributed by atoms with E-state index in [4.69, 9.17) is 26.2 Å². The van der Waals surface area contributed by atoms with Crippen LogP contribution in [0.25, 0.3) is 11.1 Å². The first-order valence-electron chi connectivity index (χ1n) is 9.23. The molecule has 0 aromatic heterocycles. The molecule has 1 unspecified atom stereocenters. The third-order valence-electron chi connectivity index (χ3n) is 4.89. The van der Waals surface area contributed by atoms with Gasteiger partial charge in [-0.2, -0.15) is 26.3 Å². The van der Waals surface area contributed by atoms with Crippen molar-refractivity contribution in [3.05, 3.63) is 76.3 Å². The third-order valence-corrected chi connectivity index (χ3v) is 6.23. The SMILES string of the molecule is NS(=O)(=O)c1ccccc1-c1ccc2c(c1Cl)OC(c1cc(C(F)(F)F)cc(C(F)(F)F)c1)O2. The molecule has 1 atom stereocenters. The van der Waals surface area contributed by atoms with E-state index >= 15 is 0 Å². The fourth-order valence-electron chi connectivity index (χ4n) is 3.38. The first-order valence-corrected chi connectivity index (χ1v) is 11.2. The Balaban J connectivity index is 1.77. The van der Waals surface area contributed by atoms with Gasteiger partial charge in [0.2, 0.25) is 10.0 Å². The molecule has 0 bridgehead atoms. The summed E-state index contributed by atoms with van der Waals surface area (Å²) >= 11 is 6.37. The molecule has 0 fully saturated rings. The molecule has 1 aliphatic rings. The van der Waals surface area contributed by atoms with Gasteiger partial charge in [-0.3, -0.25) is 0 Å². The number of fused-ring (bicyclic) bond motifs is 1. The van der Waals surface area contributed by atoms with E-state index in [0.29, 0.717) is 12.1 Å². The predicted molar refractivity (Wildman–Crippen MR) is 109 cm³/mol. The van der Waals surface area contributed by atoms with Crippen LogP contribution in [-0.4, -0.2) is 8.42 Å². The Hall–Kier alpha value is -2.96. The number of primary sulfonamides is 1. The van der Waals surface area contributed by atoms with Gasteiger partial charge in [0.05, 0.1) is 21.0 Å². The number of hydrogen-bond donors (Lipinski definition) is 1. The van der Waals surface area contributed by atoms with E-state index in [1.807, 2.05) is 0 Å². The average molecular weight is 524 g/mol. The molecule has 5 nitrogen and oxygen atoms in total. The van der Waals surface area contributed by atoms with Crippen LogP contribution in [0.1, 0.15) is 23.0 Å². The molecule has 0 radical (unpaired) electrons. The molecule has 0 aliphatic carbocycles. The highest BCUT2D eigenvalue weighted by Gasteiger charge is 2.39. The van der Waals surface area contributed by atoms with Crippen LogP contribution >= 0.6 is 11.6 Å². The van der Waals surface area contributed by atoms with Gasteiger partial charge in [0.1, 0.15) is 0 Å². The molecule has 0 spiro atoms. The van der Waals surface area contributed by atoms with E-state index in [1.165, 1.54) is 36.4 Å². The van der Waals surface area contributed by atoms with E-state index in [2.05, 4.69) is 0 Å². The topological polar surface area (TPSA) is 78.6 Å². The molecule has 0 saturated heterocycles. The number of rotatable bonds is 3. The summed E-state index contributed by atoms with van der Waals surface area (Å²) < 4.78 is 114. The van der Waals surface area contributed by atoms with Crippen LogP contribution in [0.4, 0.5) is 26.3 Å². The van der Waals surface area contributed by atoms with Gasteiger partial charge in [-0.05, 0) is 36.4 Å². The summed E-state index contributed by atoms with van der Waals surface area (Å²) in [7, 11) is -4.15. The van der Waals surface area contributed by atoms with Crippen molar-refractivity contribution >= 4 is 21.6 Å². The van der Waals surface area contributed by atoms with Gasteiger partial charge < -0.3 is 9.47 Å². The Morgan fingerprint density at radius 2 is 1.41 bits per heavy atom. The number of nitrogens with two attached hydrogens (primary N) is 1. The summed E-state index contributed by atoms with van der Waals surface area (Å²) in [6.07, 6.45) is -11.8. The van der Waals surface area contributed by atoms with E-state index in [1.54, 1.807) is 0 Å². The standard InChI is InChI=1S/C21H12ClF6NO4S/c22-17-14(13-3-1-2-4-16(13)34(29,30)31)5-6-15-18(17)33-19(32-15)10-7-11(20(23,24)25)9-12(8-10)21(26,27)28/h1-9,19H,(H2,29,30,31). The van der Waals surface area contributed by atoms with Crippen LogP contribution in [0.2, 0.25) is 5.02 Å². The van der Waals surface area contributed by atoms with Crippen LogP contribution in [0.15, 0.2) is 59.5 Å². The summed E-state index contributed by atoms with van der Waals surface area (Å²) in [4.78, 5) is -0.250. The molecule has 13 heteroatoms. The van der Waals surface area contributed by atoms with Gasteiger partial charge in [-0.15, -0.1) is 0 Å². The van der Waals surface area contributed by atoms with Crippen molar-refractivity contribution in [2.45, 2.75) is 23.5 Å². The van der Waals surface area contributed by atoms with Gasteiger partial charge in [0.25, 0.3) is 6.29 Å². The van der Waals surface area contributed by atoms with Gasteiger partial charge in [0.15, 0.2) is 11.5 Å². The van der Waals surface area contributed by atoms with Crippen molar-refractivity contribution in [2.75, 3.05) is 0 Å². The first-order chi connectivity index (χ1) is 15.7. The molecular weight excluding hydrogens is 512 g/mol. The maximum Gasteiger partial charge on any atom is 0.416 e. The number of hydrogen-bond acceptors (Lipinski definition) is 4. The lowest BCUT2D eigenvalue weighted by Crippen LogP contribution is -2.15. The number of ether oxygens (including phenoxy) is 2. The summed E-state index contributed by atoms with van der Waals surface area (Å²) in [5, 5.41) is 5.08. The number of sulfonamides is 1. The molecule has 0 amide bonds. The van der Waals surface area contributed by atoms with E-state index in [0.717, 1.165) is 0 Å². The summed E-state index contributed by atoms with van der Waals surface area (Å²) in [5.41, 5.74) is -3.35. The zero-order chi connectivity index (χ0) is 25.1. The van der Waals surface area contributed by atoms with E-state index in [-0.39, 0.29) is 38.6 Å². The van der Waals surface area contributed by atoms with E-state index < -0.39 is 45.4 Å². The van der Waals surface area contributed by atoms with Crippen molar-refractivity contribution in [1.29, 1.82) is 0 Å². The maximum absolute atomic E-state index is 13.2. The lowest BCUT2D eigenvalue weighted by molar-refractivity contribution is -0.143. The Morgan fingerprint density at radius 3 is 1.97 bits per heavy atom. The Kier molecular flexibility index (Phi) is 5.74. The normalized spacial score (nSPS) is 16.1. The lowest BCUT2D eigenvalue weighted by atomic mass is 10.0. The molecule has 1 heterocycles. The monoisotopic (exact) mass is 523 g/mol. The minimum atomic E-state index is -5.05. The molecule has 180 valence electrons. The molecule has 1 aliphatic heterocycles. The Labute approximate surface area is 193 Å². The lowest BCUT2D eigenvalue weighted by Gasteiger charge is -2.17. The molecular formula is C21H12ClF6NO4S. The summed E-state index contributed by atoms with van der Waals surface area (Å²) in [6.45, 7) is 0. The zero-order valence-corrected chi connectivity index (χ0v) is 18.1. The fraction of sp³-hybridized carbons (Fsp3) is 0.143. The minimum Gasteiger partial charge on any atom is -0.447 e. The molecule has 3 aromatic carbocycles. The predicted octanol–water partition coefficient (Wildman–Crippen LogP) is 6.16. The van der Waals surface area contributed by atoms with Crippen molar-refractivity contribution in [2.24, 2.45) is 5.14 Å². The molecule has 0 saturated carbocycles. The maximum atomic E-state index is 13.2. The van der Waals surface area contributed by atoms with Gasteiger partial charge >= 0.3 is 12.4 Å². The van der Waals surface area contributed by atoms with Crippen molar-refractivity contribution in [1.82, 2.24) is 0 Å². The highest BCUT2D eigenvalue weighted by atomic mass is 35.5. The number of halogens is 7. The summed E-state index contributed by atoms with van der Waals surface area (Å²) in [6, 6.07) is 9.24. The average Bonchev–Trinajstić information content (AvgIpc) is 3.17. The van der Waals surface area contributed by atoms with Crippen LogP contribution in [0.5, 0.6) is 11.5 Å². The highest BCUT2D eigenvalue weighted by molar-refractivity contribution is 7.89. The molecule has 2 N–H and O–H groups in total. The summed E-state index contributed by atoms with van der Waals surface area (Å²) in [5.74, 6) is -0.239. The molecule has 4 rings (SSSR count). The van der Waals surface area contributed by atoms with Crippen LogP contribution in [0, 0.1) is 0 Å². The van der Waals surface area contributed by atoms with Gasteiger partial charge in [-0.25, -0.2) is 13.6 Å². The first kappa shape index (κ1) is 24.2. The van der Waals surface area contributed by atoms with Gasteiger partial charge in [0, 0.05) is 16.7 Å². The molecule has 34 heavy (non-hydrogen) atoms. The minimum absolute atomic E-state index is 0.0130. The second-order valence-corrected chi connectivity index (χ2v) is 9.11. The quantitative estimate of drug-likeness (QED) is 0.417. The number of benzene rings is 3. The zero-order valence-electron chi connectivity index (χ0n) is 16.5. The fourth-order valence-corrected chi connectivity index (χ4v) is 4.44. The third kappa shape index (κ3) is 4.52. The number of alkyl halides is 6. The Morgan fingerprint density at radius 1 is 0.824 bits per heavy atom. The second-order valence-electron chi connectivity index (χ2n) is 7.20. The van der Waals surface area contributed by atoms with Crippen molar-refractivity contribution in [3.63, 3.8) is 0 Å². The van der Waals surface area contributed by atoms with E-state index in [9.17, 15) is 34.8 Å². The second kappa shape index (κ2) is 8.07.